The van der Waals surface area contributed by atoms with Gasteiger partial charge in [-0.3, -0.25) is 4.79 Å². The maximum atomic E-state index is 13.8. The number of aliphatic carboxylic acids is 1. The Morgan fingerprint density at radius 1 is 1.03 bits per heavy atom. The number of benzene rings is 2. The largest absolute Gasteiger partial charge is 0.494 e. The second kappa shape index (κ2) is 8.20. The van der Waals surface area contributed by atoms with E-state index in [4.69, 9.17) is 9.31 Å². The number of carbonyl (C=O) groups is 2. The van der Waals surface area contributed by atoms with Crippen molar-refractivity contribution in [3.05, 3.63) is 65.5 Å². The fourth-order valence-electron chi connectivity index (χ4n) is 3.11. The van der Waals surface area contributed by atoms with Crippen molar-refractivity contribution in [1.29, 1.82) is 0 Å². The predicted molar refractivity (Wildman–Crippen MR) is 111 cm³/mol. The Kier molecular flexibility index (Phi) is 6.01. The predicted octanol–water partition coefficient (Wildman–Crippen LogP) is 2.55. The quantitative estimate of drug-likeness (QED) is 0.712. The van der Waals surface area contributed by atoms with Crippen molar-refractivity contribution in [2.24, 2.45) is 0 Å². The third-order valence-corrected chi connectivity index (χ3v) is 5.67. The first kappa shape index (κ1) is 22.0. The number of carboxylic acids is 1. The van der Waals surface area contributed by atoms with Crippen molar-refractivity contribution in [1.82, 2.24) is 5.32 Å². The maximum Gasteiger partial charge on any atom is 0.494 e. The molecule has 1 aliphatic rings. The summed E-state index contributed by atoms with van der Waals surface area (Å²) in [5.41, 5.74) is 0.416. The Bertz CT molecular complexity index is 929. The first-order chi connectivity index (χ1) is 14.0. The summed E-state index contributed by atoms with van der Waals surface area (Å²) in [6.45, 7) is 7.88. The van der Waals surface area contributed by atoms with E-state index in [-0.39, 0.29) is 12.0 Å². The number of nitrogens with one attached hydrogen (secondary N) is 1. The lowest BCUT2D eigenvalue weighted by Crippen LogP contribution is -2.42. The molecule has 1 fully saturated rings. The summed E-state index contributed by atoms with van der Waals surface area (Å²) < 4.78 is 25.8. The monoisotopic (exact) mass is 413 g/mol. The van der Waals surface area contributed by atoms with Crippen molar-refractivity contribution < 1.29 is 28.4 Å². The standard InChI is InChI=1S/C22H25BFNO5/c1-21(2)22(3,4)30-23(29-21)15-11-9-14(10-12-15)13-18(20(27)28)25-19(26)16-7-5-6-8-17(16)24/h5-12,18H,13H2,1-4H3,(H,25,26)(H,27,28)/t18-/m0/s1. The van der Waals surface area contributed by atoms with Crippen LogP contribution >= 0.6 is 0 Å². The second-order valence-corrected chi connectivity index (χ2v) is 8.38. The Balaban J connectivity index is 1.69. The van der Waals surface area contributed by atoms with Gasteiger partial charge in [-0.1, -0.05) is 36.4 Å². The molecule has 3 rings (SSSR count). The van der Waals surface area contributed by atoms with E-state index in [9.17, 15) is 19.1 Å². The van der Waals surface area contributed by atoms with Crippen molar-refractivity contribution >= 4 is 24.5 Å². The van der Waals surface area contributed by atoms with Crippen LogP contribution in [0.25, 0.3) is 0 Å². The molecule has 0 unspecified atom stereocenters. The van der Waals surface area contributed by atoms with Crippen LogP contribution in [-0.2, 0) is 20.5 Å². The average molecular weight is 413 g/mol. The third kappa shape index (κ3) is 4.55. The molecule has 30 heavy (non-hydrogen) atoms. The van der Waals surface area contributed by atoms with E-state index in [1.54, 1.807) is 12.1 Å². The van der Waals surface area contributed by atoms with Crippen molar-refractivity contribution in [3.8, 4) is 0 Å². The van der Waals surface area contributed by atoms with Gasteiger partial charge in [-0.2, -0.15) is 0 Å². The van der Waals surface area contributed by atoms with Gasteiger partial charge in [0, 0.05) is 6.42 Å². The number of carbonyl (C=O) groups excluding carboxylic acids is 1. The lowest BCUT2D eigenvalue weighted by Gasteiger charge is -2.32. The van der Waals surface area contributed by atoms with E-state index in [1.165, 1.54) is 18.2 Å². The summed E-state index contributed by atoms with van der Waals surface area (Å²) in [5.74, 6) is -2.67. The van der Waals surface area contributed by atoms with Crippen molar-refractivity contribution in [2.45, 2.75) is 51.4 Å². The topological polar surface area (TPSA) is 84.9 Å². The van der Waals surface area contributed by atoms with Gasteiger partial charge in [-0.05, 0) is 50.9 Å². The number of halogens is 1. The number of hydrogen-bond donors (Lipinski definition) is 2. The molecule has 6 nitrogen and oxygen atoms in total. The van der Waals surface area contributed by atoms with Crippen LogP contribution in [0.2, 0.25) is 0 Å². The van der Waals surface area contributed by atoms with Crippen LogP contribution in [0.5, 0.6) is 0 Å². The van der Waals surface area contributed by atoms with Gasteiger partial charge in [0.05, 0.1) is 16.8 Å². The Morgan fingerprint density at radius 3 is 2.13 bits per heavy atom. The molecule has 2 aromatic carbocycles. The zero-order chi connectivity index (χ0) is 22.1. The van der Waals surface area contributed by atoms with Gasteiger partial charge in [-0.25, -0.2) is 9.18 Å². The van der Waals surface area contributed by atoms with Crippen LogP contribution in [0.3, 0.4) is 0 Å². The molecular weight excluding hydrogens is 388 g/mol. The average Bonchev–Trinajstić information content (AvgIpc) is 2.89. The summed E-state index contributed by atoms with van der Waals surface area (Å²) >= 11 is 0. The van der Waals surface area contributed by atoms with Gasteiger partial charge < -0.3 is 19.7 Å². The Morgan fingerprint density at radius 2 is 1.60 bits per heavy atom. The molecule has 8 heteroatoms. The van der Waals surface area contributed by atoms with Crippen LogP contribution in [0.1, 0.15) is 43.6 Å². The summed E-state index contributed by atoms with van der Waals surface area (Å²) in [7, 11) is -0.514. The molecule has 0 radical (unpaired) electrons. The molecule has 2 N–H and O–H groups in total. The van der Waals surface area contributed by atoms with E-state index in [0.29, 0.717) is 5.56 Å². The molecule has 2 aromatic rings. The summed E-state index contributed by atoms with van der Waals surface area (Å²) in [6, 6.07) is 11.4. The number of hydrogen-bond acceptors (Lipinski definition) is 4. The molecule has 0 spiro atoms. The number of amides is 1. The molecule has 1 amide bonds. The highest BCUT2D eigenvalue weighted by Crippen LogP contribution is 2.36. The van der Waals surface area contributed by atoms with Gasteiger partial charge in [-0.15, -0.1) is 0 Å². The molecule has 158 valence electrons. The van der Waals surface area contributed by atoms with E-state index in [1.807, 2.05) is 39.8 Å². The molecule has 1 heterocycles. The number of rotatable bonds is 6. The highest BCUT2D eigenvalue weighted by molar-refractivity contribution is 6.62. The van der Waals surface area contributed by atoms with Crippen LogP contribution in [0.15, 0.2) is 48.5 Å². The number of carboxylic acid groups (broad SMARTS) is 1. The molecule has 0 saturated carbocycles. The molecule has 0 bridgehead atoms. The van der Waals surface area contributed by atoms with Gasteiger partial charge in [0.15, 0.2) is 0 Å². The van der Waals surface area contributed by atoms with E-state index >= 15 is 0 Å². The minimum atomic E-state index is -1.20. The van der Waals surface area contributed by atoms with E-state index in [2.05, 4.69) is 5.32 Å². The van der Waals surface area contributed by atoms with Crippen LogP contribution in [0.4, 0.5) is 4.39 Å². The van der Waals surface area contributed by atoms with Crippen molar-refractivity contribution in [2.75, 3.05) is 0 Å². The summed E-state index contributed by atoms with van der Waals surface area (Å²) in [4.78, 5) is 23.9. The molecule has 1 atom stereocenters. The fourth-order valence-corrected chi connectivity index (χ4v) is 3.11. The molecule has 0 aliphatic carbocycles. The van der Waals surface area contributed by atoms with E-state index < -0.39 is 42.1 Å². The fraction of sp³-hybridized carbons (Fsp3) is 0.364. The van der Waals surface area contributed by atoms with Crippen LogP contribution in [-0.4, -0.2) is 41.3 Å². The SMILES string of the molecule is CC1(C)OB(c2ccc(C[C@H](NC(=O)c3ccccc3F)C(=O)O)cc2)OC1(C)C. The van der Waals surface area contributed by atoms with Crippen LogP contribution in [0, 0.1) is 5.82 Å². The Labute approximate surface area is 175 Å². The first-order valence-electron chi connectivity index (χ1n) is 9.73. The van der Waals surface area contributed by atoms with Gasteiger partial charge in [0.1, 0.15) is 11.9 Å². The Hall–Kier alpha value is -2.71. The van der Waals surface area contributed by atoms with Crippen molar-refractivity contribution in [3.63, 3.8) is 0 Å². The smallest absolute Gasteiger partial charge is 0.480 e. The summed E-state index contributed by atoms with van der Waals surface area (Å²) in [5, 5.41) is 11.9. The molecule has 0 aromatic heterocycles. The highest BCUT2D eigenvalue weighted by Gasteiger charge is 2.51. The zero-order valence-electron chi connectivity index (χ0n) is 17.4. The van der Waals surface area contributed by atoms with Gasteiger partial charge in [0.2, 0.25) is 0 Å². The first-order valence-corrected chi connectivity index (χ1v) is 9.73. The molecule has 1 saturated heterocycles. The highest BCUT2D eigenvalue weighted by atomic mass is 19.1. The maximum absolute atomic E-state index is 13.8. The lowest BCUT2D eigenvalue weighted by molar-refractivity contribution is -0.139. The minimum Gasteiger partial charge on any atom is -0.480 e. The second-order valence-electron chi connectivity index (χ2n) is 8.38. The zero-order valence-corrected chi connectivity index (χ0v) is 17.4. The normalized spacial score (nSPS) is 18.1. The van der Waals surface area contributed by atoms with Gasteiger partial charge >= 0.3 is 13.1 Å². The lowest BCUT2D eigenvalue weighted by atomic mass is 9.78. The van der Waals surface area contributed by atoms with Crippen LogP contribution < -0.4 is 10.8 Å². The van der Waals surface area contributed by atoms with Gasteiger partial charge in [0.25, 0.3) is 5.91 Å². The van der Waals surface area contributed by atoms with E-state index in [0.717, 1.165) is 11.5 Å². The molecule has 1 aliphatic heterocycles. The minimum absolute atomic E-state index is 0.0547. The third-order valence-electron chi connectivity index (χ3n) is 5.67. The summed E-state index contributed by atoms with van der Waals surface area (Å²) in [6.07, 6.45) is 0.0547. The molecular formula is C22H25BFNO5.